The molecular weight excluding hydrogens is 432 g/mol. The van der Waals surface area contributed by atoms with Crippen molar-refractivity contribution in [3.63, 3.8) is 0 Å². The number of aliphatic carboxylic acids is 2. The summed E-state index contributed by atoms with van der Waals surface area (Å²) < 4.78 is 10.9. The van der Waals surface area contributed by atoms with Crippen LogP contribution in [0.25, 0.3) is 0 Å². The van der Waals surface area contributed by atoms with Gasteiger partial charge in [0.2, 0.25) is 0 Å². The Kier molecular flexibility index (Phi) is 6.89. The second-order valence-electron chi connectivity index (χ2n) is 8.41. The van der Waals surface area contributed by atoms with Gasteiger partial charge in [0.05, 0.1) is 34.7 Å². The fourth-order valence-electron chi connectivity index (χ4n) is 5.07. The lowest BCUT2D eigenvalue weighted by atomic mass is 9.59. The van der Waals surface area contributed by atoms with E-state index < -0.39 is 34.5 Å². The molecule has 0 aliphatic carbocycles. The lowest BCUT2D eigenvalue weighted by molar-refractivity contribution is -0.385. The van der Waals surface area contributed by atoms with Crippen LogP contribution in [0.4, 0.5) is 5.69 Å². The van der Waals surface area contributed by atoms with Crippen molar-refractivity contribution in [1.29, 1.82) is 0 Å². The molecular formula is C23H28N2O8. The number of allylic oxidation sites excluding steroid dienone is 2. The Morgan fingerprint density at radius 3 is 2.15 bits per heavy atom. The highest BCUT2D eigenvalue weighted by atomic mass is 16.7. The van der Waals surface area contributed by atoms with E-state index in [1.807, 2.05) is 0 Å². The fraction of sp³-hybridized carbons (Fsp3) is 0.478. The number of hydrogen-bond acceptors (Lipinski definition) is 7. The lowest BCUT2D eigenvalue weighted by Gasteiger charge is -2.47. The van der Waals surface area contributed by atoms with Crippen molar-refractivity contribution in [1.82, 2.24) is 4.90 Å². The standard InChI is InChI=1S/C23H28N2O8/c1-13(2)23(16-6-5-7-17(12-16)25(30)31)19(21(26)27)14(3)24(15(4)20(23)22(28)29)9-8-18-32-10-11-33-18/h5-7,12-13,18H,8-11H2,1-4H3,(H,26,27)(H,28,29). The molecule has 33 heavy (non-hydrogen) atoms. The van der Waals surface area contributed by atoms with Gasteiger partial charge in [0.15, 0.2) is 6.29 Å². The van der Waals surface area contributed by atoms with Crippen molar-refractivity contribution in [2.24, 2.45) is 5.92 Å². The third-order valence-corrected chi connectivity index (χ3v) is 6.41. The van der Waals surface area contributed by atoms with Crippen molar-refractivity contribution in [3.8, 4) is 0 Å². The molecule has 10 heteroatoms. The summed E-state index contributed by atoms with van der Waals surface area (Å²) in [4.78, 5) is 37.9. The second kappa shape index (κ2) is 9.32. The zero-order valence-electron chi connectivity index (χ0n) is 19.0. The molecule has 2 aliphatic rings. The maximum Gasteiger partial charge on any atom is 0.334 e. The normalized spacial score (nSPS) is 18.9. The molecule has 0 saturated carbocycles. The van der Waals surface area contributed by atoms with E-state index in [1.165, 1.54) is 18.2 Å². The molecule has 1 saturated heterocycles. The molecule has 0 radical (unpaired) electrons. The highest BCUT2D eigenvalue weighted by molar-refractivity contribution is 6.01. The van der Waals surface area contributed by atoms with Gasteiger partial charge in [-0.1, -0.05) is 26.0 Å². The van der Waals surface area contributed by atoms with Crippen molar-refractivity contribution in [2.45, 2.75) is 45.8 Å². The Hall–Kier alpha value is -3.24. The first kappa shape index (κ1) is 24.4. The predicted octanol–water partition coefficient (Wildman–Crippen LogP) is 3.28. The lowest BCUT2D eigenvalue weighted by Crippen LogP contribution is -2.49. The summed E-state index contributed by atoms with van der Waals surface area (Å²) in [5, 5.41) is 32.1. The average molecular weight is 460 g/mol. The summed E-state index contributed by atoms with van der Waals surface area (Å²) in [7, 11) is 0. The molecule has 3 rings (SSSR count). The maximum absolute atomic E-state index is 12.7. The number of carboxylic acid groups (broad SMARTS) is 2. The highest BCUT2D eigenvalue weighted by Gasteiger charge is 2.54. The molecule has 1 aromatic carbocycles. The van der Waals surface area contributed by atoms with Crippen LogP contribution in [-0.4, -0.2) is 58.0 Å². The van der Waals surface area contributed by atoms with E-state index in [2.05, 4.69) is 0 Å². The molecule has 1 fully saturated rings. The maximum atomic E-state index is 12.7. The van der Waals surface area contributed by atoms with E-state index in [1.54, 1.807) is 38.7 Å². The summed E-state index contributed by atoms with van der Waals surface area (Å²) in [5.41, 5.74) is -1.07. The molecule has 2 N–H and O–H groups in total. The van der Waals surface area contributed by atoms with Crippen molar-refractivity contribution >= 4 is 17.6 Å². The number of non-ortho nitro benzene ring substituents is 1. The van der Waals surface area contributed by atoms with Gasteiger partial charge >= 0.3 is 11.9 Å². The number of nitro benzene ring substituents is 1. The number of ether oxygens (including phenoxy) is 2. The van der Waals surface area contributed by atoms with Crippen molar-refractivity contribution < 1.29 is 34.2 Å². The van der Waals surface area contributed by atoms with Crippen LogP contribution in [0.2, 0.25) is 0 Å². The molecule has 0 atom stereocenters. The smallest absolute Gasteiger partial charge is 0.334 e. The summed E-state index contributed by atoms with van der Waals surface area (Å²) in [6.07, 6.45) is -0.0272. The number of carboxylic acids is 2. The van der Waals surface area contributed by atoms with Gasteiger partial charge in [-0.15, -0.1) is 0 Å². The summed E-state index contributed by atoms with van der Waals surface area (Å²) >= 11 is 0. The van der Waals surface area contributed by atoms with Crippen LogP contribution >= 0.6 is 0 Å². The molecule has 178 valence electrons. The minimum absolute atomic E-state index is 0.116. The molecule has 0 unspecified atom stereocenters. The van der Waals surface area contributed by atoms with Crippen molar-refractivity contribution in [3.05, 3.63) is 62.5 Å². The average Bonchev–Trinajstić information content (AvgIpc) is 3.25. The molecule has 1 aromatic rings. The summed E-state index contributed by atoms with van der Waals surface area (Å²) in [6, 6.07) is 5.56. The number of hydrogen-bond donors (Lipinski definition) is 2. The first-order valence-electron chi connectivity index (χ1n) is 10.7. The monoisotopic (exact) mass is 460 g/mol. The first-order valence-corrected chi connectivity index (χ1v) is 10.7. The van der Waals surface area contributed by atoms with Crippen LogP contribution < -0.4 is 0 Å². The molecule has 2 aliphatic heterocycles. The van der Waals surface area contributed by atoms with Gasteiger partial charge in [-0.3, -0.25) is 10.1 Å². The molecule has 0 spiro atoms. The largest absolute Gasteiger partial charge is 0.478 e. The SMILES string of the molecule is CC1=C(C(=O)O)C(c2cccc([N+](=O)[O-])c2)(C(C)C)C(C(=O)O)=C(C)N1CCC1OCCO1. The van der Waals surface area contributed by atoms with Crippen LogP contribution in [0, 0.1) is 16.0 Å². The Balaban J connectivity index is 2.28. The Morgan fingerprint density at radius 1 is 1.15 bits per heavy atom. The van der Waals surface area contributed by atoms with Gasteiger partial charge in [0.1, 0.15) is 0 Å². The second-order valence-corrected chi connectivity index (χ2v) is 8.41. The summed E-state index contributed by atoms with van der Waals surface area (Å²) in [6.45, 7) is 7.95. The van der Waals surface area contributed by atoms with Crippen LogP contribution in [0.3, 0.4) is 0 Å². The molecule has 0 bridgehead atoms. The topological polar surface area (TPSA) is 139 Å². The van der Waals surface area contributed by atoms with E-state index in [4.69, 9.17) is 9.47 Å². The van der Waals surface area contributed by atoms with Gasteiger partial charge in [-0.25, -0.2) is 9.59 Å². The van der Waals surface area contributed by atoms with E-state index in [0.717, 1.165) is 0 Å². The van der Waals surface area contributed by atoms with Crippen molar-refractivity contribution in [2.75, 3.05) is 19.8 Å². The van der Waals surface area contributed by atoms with Crippen LogP contribution in [-0.2, 0) is 24.5 Å². The Labute approximate surface area is 191 Å². The molecule has 10 nitrogen and oxygen atoms in total. The van der Waals surface area contributed by atoms with Gasteiger partial charge in [0.25, 0.3) is 5.69 Å². The number of nitrogens with zero attached hydrogens (tertiary/aromatic N) is 2. The van der Waals surface area contributed by atoms with Crippen LogP contribution in [0.15, 0.2) is 46.8 Å². The molecule has 0 amide bonds. The van der Waals surface area contributed by atoms with E-state index in [0.29, 0.717) is 37.6 Å². The van der Waals surface area contributed by atoms with Gasteiger partial charge < -0.3 is 24.6 Å². The quantitative estimate of drug-likeness (QED) is 0.442. The minimum Gasteiger partial charge on any atom is -0.478 e. The highest BCUT2D eigenvalue weighted by Crippen LogP contribution is 2.52. The predicted molar refractivity (Wildman–Crippen MR) is 117 cm³/mol. The van der Waals surface area contributed by atoms with Crippen LogP contribution in [0.5, 0.6) is 0 Å². The van der Waals surface area contributed by atoms with Gasteiger partial charge in [-0.2, -0.15) is 0 Å². The zero-order chi connectivity index (χ0) is 24.5. The Bertz CT molecular complexity index is 999. The number of carbonyl (C=O) groups is 2. The van der Waals surface area contributed by atoms with Gasteiger partial charge in [-0.05, 0) is 25.3 Å². The third-order valence-electron chi connectivity index (χ3n) is 6.41. The molecule has 2 heterocycles. The van der Waals surface area contributed by atoms with Gasteiger partial charge in [0, 0.05) is 36.5 Å². The number of rotatable bonds is 8. The van der Waals surface area contributed by atoms with E-state index in [-0.39, 0.29) is 22.4 Å². The minimum atomic E-state index is -1.60. The number of nitro groups is 1. The fourth-order valence-corrected chi connectivity index (χ4v) is 5.07. The first-order chi connectivity index (χ1) is 15.5. The van der Waals surface area contributed by atoms with Crippen LogP contribution in [0.1, 0.15) is 39.7 Å². The van der Waals surface area contributed by atoms with E-state index >= 15 is 0 Å². The number of benzene rings is 1. The summed E-state index contributed by atoms with van der Waals surface area (Å²) in [5.74, 6) is -3.10. The Morgan fingerprint density at radius 2 is 1.70 bits per heavy atom. The van der Waals surface area contributed by atoms with E-state index in [9.17, 15) is 29.9 Å². The molecule has 0 aromatic heterocycles. The zero-order valence-corrected chi connectivity index (χ0v) is 19.0. The third kappa shape index (κ3) is 4.11.